The maximum absolute atomic E-state index is 12.1. The van der Waals surface area contributed by atoms with E-state index in [1.807, 2.05) is 24.3 Å². The summed E-state index contributed by atoms with van der Waals surface area (Å²) in [5, 5.41) is 0. The van der Waals surface area contributed by atoms with E-state index in [-0.39, 0.29) is 22.4 Å². The molecule has 3 nitrogen and oxygen atoms in total. The molecule has 160 valence electrons. The number of benzene rings is 2. The maximum Gasteiger partial charge on any atom is 0.148 e. The number of allylic oxidation sites excluding steroid dienone is 2. The van der Waals surface area contributed by atoms with Crippen LogP contribution in [0.3, 0.4) is 0 Å². The van der Waals surface area contributed by atoms with E-state index in [1.54, 1.807) is 0 Å². The van der Waals surface area contributed by atoms with Gasteiger partial charge in [-0.25, -0.2) is 0 Å². The Balaban J connectivity index is 1.56. The van der Waals surface area contributed by atoms with Gasteiger partial charge in [-0.05, 0) is 40.3 Å². The number of Topliss-reactive ketones (excluding diaryl/α,β-unsaturated/α-hetero) is 2. The van der Waals surface area contributed by atoms with Crippen molar-refractivity contribution in [3.8, 4) is 0 Å². The van der Waals surface area contributed by atoms with Gasteiger partial charge in [0.05, 0.1) is 6.61 Å². The predicted molar refractivity (Wildman–Crippen MR) is 122 cm³/mol. The molecule has 2 aromatic carbocycles. The summed E-state index contributed by atoms with van der Waals surface area (Å²) in [7, 11) is 0. The lowest BCUT2D eigenvalue weighted by atomic mass is 9.66. The van der Waals surface area contributed by atoms with Crippen LogP contribution in [0.15, 0.2) is 48.6 Å². The first-order valence-electron chi connectivity index (χ1n) is 11.2. The van der Waals surface area contributed by atoms with Crippen LogP contribution in [-0.4, -0.2) is 18.2 Å². The fourth-order valence-electron chi connectivity index (χ4n) is 5.39. The standard InChI is InChI=1S/C28H30O3/c1-17-14-21-22(27(4,5)13-12-26(21,2)3)15-20(17)28(16-31-28)19-8-6-18(7-9-19)25-23(29)10-11-24(25)30/h6-9,12-15,25H,10-11,16H2,1-5H3. The highest BCUT2D eigenvalue weighted by molar-refractivity contribution is 6.13. The van der Waals surface area contributed by atoms with E-state index >= 15 is 0 Å². The van der Waals surface area contributed by atoms with E-state index in [4.69, 9.17) is 4.74 Å². The number of hydrogen-bond acceptors (Lipinski definition) is 3. The van der Waals surface area contributed by atoms with Crippen LogP contribution in [0.1, 0.15) is 79.8 Å². The van der Waals surface area contributed by atoms with Crippen molar-refractivity contribution in [2.45, 2.75) is 69.8 Å². The summed E-state index contributed by atoms with van der Waals surface area (Å²) < 4.78 is 6.12. The third kappa shape index (κ3) is 3.05. The number of fused-ring (bicyclic) bond motifs is 1. The lowest BCUT2D eigenvalue weighted by molar-refractivity contribution is -0.123. The number of carbonyl (C=O) groups is 2. The summed E-state index contributed by atoms with van der Waals surface area (Å²) in [5.74, 6) is -0.498. The highest BCUT2D eigenvalue weighted by Gasteiger charge is 2.50. The Morgan fingerprint density at radius 2 is 1.32 bits per heavy atom. The Kier molecular flexibility index (Phi) is 4.27. The SMILES string of the molecule is Cc1cc2c(cc1C1(c3ccc(C4C(=O)CCC4=O)cc3)CO1)C(C)(C)C=CC2(C)C. The van der Waals surface area contributed by atoms with E-state index in [0.29, 0.717) is 19.4 Å². The van der Waals surface area contributed by atoms with Gasteiger partial charge in [0, 0.05) is 23.7 Å². The summed E-state index contributed by atoms with van der Waals surface area (Å²) in [4.78, 5) is 24.3. The van der Waals surface area contributed by atoms with Gasteiger partial charge in [0.2, 0.25) is 0 Å². The summed E-state index contributed by atoms with van der Waals surface area (Å²) in [6.45, 7) is 11.9. The van der Waals surface area contributed by atoms with E-state index in [2.05, 4.69) is 58.9 Å². The maximum atomic E-state index is 12.1. The predicted octanol–water partition coefficient (Wildman–Crippen LogP) is 5.41. The molecule has 1 atom stereocenters. The van der Waals surface area contributed by atoms with Crippen LogP contribution in [0.4, 0.5) is 0 Å². The largest absolute Gasteiger partial charge is 0.359 e. The monoisotopic (exact) mass is 414 g/mol. The molecule has 2 fully saturated rings. The topological polar surface area (TPSA) is 46.7 Å². The first-order chi connectivity index (χ1) is 14.6. The van der Waals surface area contributed by atoms with Crippen LogP contribution < -0.4 is 0 Å². The molecular formula is C28H30O3. The quantitative estimate of drug-likeness (QED) is 0.383. The Hall–Kier alpha value is -2.52. The summed E-state index contributed by atoms with van der Waals surface area (Å²) in [5.41, 5.74) is 6.61. The molecule has 0 spiro atoms. The summed E-state index contributed by atoms with van der Waals surface area (Å²) in [6.07, 6.45) is 5.38. The number of hydrogen-bond donors (Lipinski definition) is 0. The fourth-order valence-corrected chi connectivity index (χ4v) is 5.39. The molecule has 0 radical (unpaired) electrons. The minimum absolute atomic E-state index is 0.00766. The van der Waals surface area contributed by atoms with Crippen LogP contribution in [0.25, 0.3) is 0 Å². The van der Waals surface area contributed by atoms with Gasteiger partial charge in [-0.2, -0.15) is 0 Å². The second kappa shape index (κ2) is 6.49. The first-order valence-corrected chi connectivity index (χ1v) is 11.2. The van der Waals surface area contributed by atoms with Crippen LogP contribution in [0.2, 0.25) is 0 Å². The molecule has 1 unspecified atom stereocenters. The molecule has 1 saturated carbocycles. The molecule has 31 heavy (non-hydrogen) atoms. The van der Waals surface area contributed by atoms with Crippen molar-refractivity contribution in [3.05, 3.63) is 81.9 Å². The number of ether oxygens (including phenoxy) is 1. The molecule has 1 saturated heterocycles. The van der Waals surface area contributed by atoms with Crippen molar-refractivity contribution < 1.29 is 14.3 Å². The molecular weight excluding hydrogens is 384 g/mol. The smallest absolute Gasteiger partial charge is 0.148 e. The van der Waals surface area contributed by atoms with Crippen molar-refractivity contribution in [2.75, 3.05) is 6.61 Å². The minimum atomic E-state index is -0.578. The van der Waals surface area contributed by atoms with Crippen molar-refractivity contribution in [2.24, 2.45) is 0 Å². The molecule has 1 aliphatic heterocycles. The lowest BCUT2D eigenvalue weighted by Crippen LogP contribution is -2.30. The third-order valence-corrected chi connectivity index (χ3v) is 7.51. The zero-order valence-electron chi connectivity index (χ0n) is 19.0. The number of epoxide rings is 1. The minimum Gasteiger partial charge on any atom is -0.359 e. The van der Waals surface area contributed by atoms with Crippen LogP contribution in [-0.2, 0) is 30.8 Å². The molecule has 2 aliphatic carbocycles. The Morgan fingerprint density at radius 3 is 1.84 bits per heavy atom. The molecule has 0 bridgehead atoms. The van der Waals surface area contributed by atoms with Crippen molar-refractivity contribution in [3.63, 3.8) is 0 Å². The van der Waals surface area contributed by atoms with Crippen LogP contribution in [0.5, 0.6) is 0 Å². The zero-order valence-corrected chi connectivity index (χ0v) is 19.0. The van der Waals surface area contributed by atoms with Gasteiger partial charge in [0.15, 0.2) is 0 Å². The molecule has 2 aromatic rings. The van der Waals surface area contributed by atoms with Crippen molar-refractivity contribution in [1.29, 1.82) is 0 Å². The van der Waals surface area contributed by atoms with Gasteiger partial charge < -0.3 is 4.74 Å². The third-order valence-electron chi connectivity index (χ3n) is 7.51. The van der Waals surface area contributed by atoms with E-state index in [1.165, 1.54) is 22.3 Å². The molecule has 0 N–H and O–H groups in total. The van der Waals surface area contributed by atoms with Crippen molar-refractivity contribution in [1.82, 2.24) is 0 Å². The molecule has 5 rings (SSSR count). The van der Waals surface area contributed by atoms with E-state index in [9.17, 15) is 9.59 Å². The number of ketones is 2. The Morgan fingerprint density at radius 1 is 0.806 bits per heavy atom. The number of rotatable bonds is 3. The van der Waals surface area contributed by atoms with Gasteiger partial charge in [-0.15, -0.1) is 0 Å². The Labute approximate surface area is 184 Å². The second-order valence-corrected chi connectivity index (χ2v) is 10.6. The average Bonchev–Trinajstić information content (AvgIpc) is 3.45. The second-order valence-electron chi connectivity index (χ2n) is 10.6. The molecule has 0 amide bonds. The van der Waals surface area contributed by atoms with Crippen molar-refractivity contribution >= 4 is 11.6 Å². The lowest BCUT2D eigenvalue weighted by Gasteiger charge is -2.38. The highest BCUT2D eigenvalue weighted by Crippen LogP contribution is 2.50. The molecule has 3 aliphatic rings. The molecule has 0 aromatic heterocycles. The highest BCUT2D eigenvalue weighted by atomic mass is 16.6. The van der Waals surface area contributed by atoms with Crippen LogP contribution in [0, 0.1) is 6.92 Å². The molecule has 3 heteroatoms. The normalized spacial score (nSPS) is 26.2. The Bertz CT molecular complexity index is 1110. The van der Waals surface area contributed by atoms with E-state index < -0.39 is 11.5 Å². The van der Waals surface area contributed by atoms with E-state index in [0.717, 1.165) is 11.1 Å². The van der Waals surface area contributed by atoms with Gasteiger partial charge in [-0.3, -0.25) is 9.59 Å². The average molecular weight is 415 g/mol. The molecule has 1 heterocycles. The summed E-state index contributed by atoms with van der Waals surface area (Å²) in [6, 6.07) is 12.6. The number of carbonyl (C=O) groups excluding carboxylic acids is 2. The van der Waals surface area contributed by atoms with Gasteiger partial charge in [0.1, 0.15) is 23.1 Å². The van der Waals surface area contributed by atoms with Gasteiger partial charge in [-0.1, -0.05) is 76.2 Å². The first kappa shape index (κ1) is 20.4. The summed E-state index contributed by atoms with van der Waals surface area (Å²) >= 11 is 0. The van der Waals surface area contributed by atoms with Gasteiger partial charge >= 0.3 is 0 Å². The number of aryl methyl sites for hydroxylation is 1. The van der Waals surface area contributed by atoms with Gasteiger partial charge in [0.25, 0.3) is 0 Å². The van der Waals surface area contributed by atoms with Crippen LogP contribution >= 0.6 is 0 Å². The zero-order chi connectivity index (χ0) is 22.2. The fraction of sp³-hybridized carbons (Fsp3) is 0.429.